The van der Waals surface area contributed by atoms with Crippen molar-refractivity contribution < 1.29 is 9.53 Å². The number of thiazole rings is 1. The minimum absolute atomic E-state index is 0.180. The summed E-state index contributed by atoms with van der Waals surface area (Å²) in [6.45, 7) is 6.31. The summed E-state index contributed by atoms with van der Waals surface area (Å²) in [5, 5.41) is 1.16. The number of amides is 1. The second kappa shape index (κ2) is 6.78. The quantitative estimate of drug-likeness (QED) is 0.858. The van der Waals surface area contributed by atoms with Crippen molar-refractivity contribution in [2.45, 2.75) is 31.9 Å². The fourth-order valence-electron chi connectivity index (χ4n) is 3.53. The molecule has 0 saturated carbocycles. The summed E-state index contributed by atoms with van der Waals surface area (Å²) in [6, 6.07) is 8.58. The first-order valence-electron chi connectivity index (χ1n) is 8.72. The number of carbonyl (C=O) groups is 1. The van der Waals surface area contributed by atoms with Crippen molar-refractivity contribution >= 4 is 27.5 Å². The van der Waals surface area contributed by atoms with E-state index in [0.717, 1.165) is 56.2 Å². The zero-order valence-electron chi connectivity index (χ0n) is 14.0. The van der Waals surface area contributed by atoms with Crippen LogP contribution in [0.1, 0.15) is 30.8 Å². The van der Waals surface area contributed by atoms with Gasteiger partial charge in [0, 0.05) is 32.8 Å². The highest BCUT2D eigenvalue weighted by Crippen LogP contribution is 2.30. The number of para-hydroxylation sites is 1. The van der Waals surface area contributed by atoms with Crippen molar-refractivity contribution in [1.82, 2.24) is 14.8 Å². The predicted molar refractivity (Wildman–Crippen MR) is 95.2 cm³/mol. The molecule has 2 aliphatic heterocycles. The molecule has 0 unspecified atom stereocenters. The average Bonchev–Trinajstić information content (AvgIpc) is 3.30. The van der Waals surface area contributed by atoms with Gasteiger partial charge < -0.3 is 9.64 Å². The minimum Gasteiger partial charge on any atom is -0.368 e. The number of aromatic nitrogens is 1. The van der Waals surface area contributed by atoms with Crippen LogP contribution >= 0.6 is 11.3 Å². The molecule has 2 aromatic rings. The Balaban J connectivity index is 1.38. The number of hydrogen-bond acceptors (Lipinski definition) is 5. The predicted octanol–water partition coefficient (Wildman–Crippen LogP) is 2.68. The number of benzene rings is 1. The van der Waals surface area contributed by atoms with Gasteiger partial charge in [-0.15, -0.1) is 11.3 Å². The molecule has 2 saturated heterocycles. The van der Waals surface area contributed by atoms with Crippen molar-refractivity contribution in [2.24, 2.45) is 0 Å². The average molecular weight is 345 g/mol. The summed E-state index contributed by atoms with van der Waals surface area (Å²) < 4.78 is 6.77. The van der Waals surface area contributed by atoms with E-state index in [4.69, 9.17) is 9.72 Å². The van der Waals surface area contributed by atoms with Crippen LogP contribution in [0.4, 0.5) is 0 Å². The molecular weight excluding hydrogens is 322 g/mol. The Morgan fingerprint density at radius 1 is 1.29 bits per heavy atom. The van der Waals surface area contributed by atoms with Crippen molar-refractivity contribution in [3.8, 4) is 0 Å². The van der Waals surface area contributed by atoms with E-state index in [1.165, 1.54) is 4.70 Å². The monoisotopic (exact) mass is 345 g/mol. The van der Waals surface area contributed by atoms with E-state index in [-0.39, 0.29) is 12.0 Å². The Kier molecular flexibility index (Phi) is 4.52. The molecule has 0 spiro atoms. The second-order valence-electron chi connectivity index (χ2n) is 6.56. The van der Waals surface area contributed by atoms with E-state index < -0.39 is 0 Å². The van der Waals surface area contributed by atoms with E-state index in [0.29, 0.717) is 6.04 Å². The summed E-state index contributed by atoms with van der Waals surface area (Å²) in [5.74, 6) is 0.180. The van der Waals surface area contributed by atoms with Gasteiger partial charge in [-0.3, -0.25) is 9.69 Å². The Labute approximate surface area is 146 Å². The van der Waals surface area contributed by atoms with Gasteiger partial charge in [-0.1, -0.05) is 12.1 Å². The number of carbonyl (C=O) groups excluding carboxylic acids is 1. The number of hydrogen-bond donors (Lipinski definition) is 0. The third-order valence-corrected chi connectivity index (χ3v) is 6.25. The van der Waals surface area contributed by atoms with Crippen LogP contribution in [0.3, 0.4) is 0 Å². The molecule has 24 heavy (non-hydrogen) atoms. The fourth-order valence-corrected chi connectivity index (χ4v) is 4.58. The van der Waals surface area contributed by atoms with Gasteiger partial charge in [-0.05, 0) is 31.9 Å². The van der Waals surface area contributed by atoms with Gasteiger partial charge in [0.2, 0.25) is 0 Å². The molecule has 2 fully saturated rings. The molecule has 128 valence electrons. The molecule has 2 aliphatic rings. The van der Waals surface area contributed by atoms with Crippen molar-refractivity contribution in [2.75, 3.05) is 32.8 Å². The zero-order chi connectivity index (χ0) is 16.5. The van der Waals surface area contributed by atoms with E-state index >= 15 is 0 Å². The van der Waals surface area contributed by atoms with E-state index in [2.05, 4.69) is 30.0 Å². The molecule has 0 bridgehead atoms. The number of ether oxygens (including phenoxy) is 1. The standard InChI is InChI=1S/C18H23N3O2S/c1-13(17-19-14-5-2-3-7-16(14)24-17)20-8-10-21(11-9-20)18(22)15-6-4-12-23-15/h2-3,5,7,13,15H,4,6,8-12H2,1H3/t13-,15-/m1/s1. The molecule has 0 aliphatic carbocycles. The Morgan fingerprint density at radius 2 is 2.08 bits per heavy atom. The molecule has 3 heterocycles. The van der Waals surface area contributed by atoms with Crippen molar-refractivity contribution in [3.63, 3.8) is 0 Å². The maximum absolute atomic E-state index is 12.4. The molecule has 1 aromatic carbocycles. The molecule has 0 N–H and O–H groups in total. The largest absolute Gasteiger partial charge is 0.368 e. The highest BCUT2D eigenvalue weighted by molar-refractivity contribution is 7.18. The van der Waals surface area contributed by atoms with Crippen LogP contribution in [0, 0.1) is 0 Å². The van der Waals surface area contributed by atoms with E-state index in [1.54, 1.807) is 11.3 Å². The minimum atomic E-state index is -0.196. The molecule has 2 atom stereocenters. The van der Waals surface area contributed by atoms with Crippen LogP contribution in [0.2, 0.25) is 0 Å². The van der Waals surface area contributed by atoms with E-state index in [1.807, 2.05) is 11.0 Å². The smallest absolute Gasteiger partial charge is 0.251 e. The molecule has 6 heteroatoms. The Bertz CT molecular complexity index is 685. The van der Waals surface area contributed by atoms with Crippen LogP contribution in [-0.2, 0) is 9.53 Å². The second-order valence-corrected chi connectivity index (χ2v) is 7.62. The molecule has 1 amide bonds. The highest BCUT2D eigenvalue weighted by Gasteiger charge is 2.31. The zero-order valence-corrected chi connectivity index (χ0v) is 14.8. The van der Waals surface area contributed by atoms with Crippen LogP contribution < -0.4 is 0 Å². The first-order valence-corrected chi connectivity index (χ1v) is 9.54. The first kappa shape index (κ1) is 16.0. The lowest BCUT2D eigenvalue weighted by Crippen LogP contribution is -2.51. The summed E-state index contributed by atoms with van der Waals surface area (Å²) in [4.78, 5) is 21.6. The molecule has 5 nitrogen and oxygen atoms in total. The highest BCUT2D eigenvalue weighted by atomic mass is 32.1. The molecule has 1 aromatic heterocycles. The Morgan fingerprint density at radius 3 is 2.79 bits per heavy atom. The van der Waals surface area contributed by atoms with Gasteiger partial charge in [0.05, 0.1) is 16.3 Å². The van der Waals surface area contributed by atoms with Crippen LogP contribution in [-0.4, -0.2) is 59.6 Å². The van der Waals surface area contributed by atoms with Crippen molar-refractivity contribution in [1.29, 1.82) is 0 Å². The lowest BCUT2D eigenvalue weighted by molar-refractivity contribution is -0.143. The summed E-state index contributed by atoms with van der Waals surface area (Å²) in [6.07, 6.45) is 1.69. The summed E-state index contributed by atoms with van der Waals surface area (Å²) in [5.41, 5.74) is 1.08. The third-order valence-electron chi connectivity index (χ3n) is 5.05. The van der Waals surface area contributed by atoms with Crippen LogP contribution in [0.15, 0.2) is 24.3 Å². The lowest BCUT2D eigenvalue weighted by Gasteiger charge is -2.38. The van der Waals surface area contributed by atoms with Gasteiger partial charge in [0.25, 0.3) is 5.91 Å². The first-order chi connectivity index (χ1) is 11.7. The number of nitrogens with zero attached hydrogens (tertiary/aromatic N) is 3. The van der Waals surface area contributed by atoms with Crippen LogP contribution in [0.25, 0.3) is 10.2 Å². The van der Waals surface area contributed by atoms with Gasteiger partial charge in [-0.2, -0.15) is 0 Å². The summed E-state index contributed by atoms with van der Waals surface area (Å²) >= 11 is 1.77. The topological polar surface area (TPSA) is 45.7 Å². The van der Waals surface area contributed by atoms with E-state index in [9.17, 15) is 4.79 Å². The maximum atomic E-state index is 12.4. The lowest BCUT2D eigenvalue weighted by atomic mass is 10.2. The molecule has 4 rings (SSSR count). The van der Waals surface area contributed by atoms with Gasteiger partial charge in [0.1, 0.15) is 11.1 Å². The van der Waals surface area contributed by atoms with Crippen LogP contribution in [0.5, 0.6) is 0 Å². The maximum Gasteiger partial charge on any atom is 0.251 e. The normalized spacial score (nSPS) is 23.7. The summed E-state index contributed by atoms with van der Waals surface area (Å²) in [7, 11) is 0. The number of piperazine rings is 1. The van der Waals surface area contributed by atoms with Gasteiger partial charge in [-0.25, -0.2) is 4.98 Å². The SMILES string of the molecule is C[C@H](c1nc2ccccc2s1)N1CCN(C(=O)[C@H]2CCCO2)CC1. The number of rotatable bonds is 3. The van der Waals surface area contributed by atoms with Gasteiger partial charge >= 0.3 is 0 Å². The third kappa shape index (κ3) is 3.06. The molecule has 0 radical (unpaired) electrons. The number of fused-ring (bicyclic) bond motifs is 1. The fraction of sp³-hybridized carbons (Fsp3) is 0.556. The van der Waals surface area contributed by atoms with Gasteiger partial charge in [0.15, 0.2) is 0 Å². The van der Waals surface area contributed by atoms with Crippen molar-refractivity contribution in [3.05, 3.63) is 29.3 Å². The molecular formula is C18H23N3O2S. The Hall–Kier alpha value is -1.50.